The van der Waals surface area contributed by atoms with Crippen LogP contribution in [-0.2, 0) is 28.6 Å². The van der Waals surface area contributed by atoms with Gasteiger partial charge in [0.1, 0.15) is 13.2 Å². The first-order valence-electron chi connectivity index (χ1n) is 34.9. The van der Waals surface area contributed by atoms with Gasteiger partial charge in [0, 0.05) is 19.3 Å². The Bertz CT molecular complexity index is 1470. The summed E-state index contributed by atoms with van der Waals surface area (Å²) in [5.41, 5.74) is 0. The Kier molecular flexibility index (Phi) is 65.7. The molecule has 0 aliphatic rings. The van der Waals surface area contributed by atoms with E-state index in [9.17, 15) is 14.4 Å². The molecule has 6 heteroatoms. The Hall–Kier alpha value is -3.15. The highest BCUT2D eigenvalue weighted by molar-refractivity contribution is 5.71. The largest absolute Gasteiger partial charge is 0.462 e. The number of carbonyl (C=O) groups excluding carboxylic acids is 3. The topological polar surface area (TPSA) is 78.9 Å². The van der Waals surface area contributed by atoms with Gasteiger partial charge in [-0.1, -0.05) is 318 Å². The van der Waals surface area contributed by atoms with Crippen molar-refractivity contribution in [2.45, 2.75) is 367 Å². The van der Waals surface area contributed by atoms with E-state index in [1.165, 1.54) is 218 Å². The molecule has 0 heterocycles. The van der Waals surface area contributed by atoms with Crippen LogP contribution in [0.15, 0.2) is 72.9 Å². The third kappa shape index (κ3) is 65.7. The standard InChI is InChI=1S/C74H132O6/c1-4-7-10-13-16-19-22-25-28-31-34-36-38-40-43-46-49-52-55-58-61-64-67-73(76)79-70-71(69-78-72(75)66-63-60-57-54-51-48-45-42-39-33-30-27-24-21-18-15-12-9-6-3)80-74(77)68-65-62-59-56-53-50-47-44-41-37-35-32-29-26-23-20-17-14-11-8-5-2/h18,21,23,26-27,30,32,35,39,41-42,44,71H,4-17,19-20,22,24-25,28-29,31,33-34,36-38,40,43,45-70H2,1-3H3/b21-18-,26-23-,30-27-,35-32-,42-39-,44-41-. The van der Waals surface area contributed by atoms with Gasteiger partial charge in [0.15, 0.2) is 6.10 Å². The molecule has 0 aromatic carbocycles. The Morgan fingerprint density at radius 2 is 0.450 bits per heavy atom. The van der Waals surface area contributed by atoms with E-state index in [1.54, 1.807) is 0 Å². The summed E-state index contributed by atoms with van der Waals surface area (Å²) in [6, 6.07) is 0. The first-order chi connectivity index (χ1) is 39.5. The van der Waals surface area contributed by atoms with Crippen LogP contribution in [0, 0.1) is 0 Å². The molecule has 0 saturated heterocycles. The van der Waals surface area contributed by atoms with Crippen LogP contribution in [0.4, 0.5) is 0 Å². The van der Waals surface area contributed by atoms with Crippen LogP contribution in [0.1, 0.15) is 361 Å². The van der Waals surface area contributed by atoms with Crippen molar-refractivity contribution < 1.29 is 28.6 Å². The third-order valence-electron chi connectivity index (χ3n) is 15.4. The smallest absolute Gasteiger partial charge is 0.306 e. The summed E-state index contributed by atoms with van der Waals surface area (Å²) < 4.78 is 17.0. The highest BCUT2D eigenvalue weighted by Crippen LogP contribution is 2.17. The summed E-state index contributed by atoms with van der Waals surface area (Å²) in [7, 11) is 0. The molecule has 80 heavy (non-hydrogen) atoms. The molecule has 464 valence electrons. The number of hydrogen-bond donors (Lipinski definition) is 0. The van der Waals surface area contributed by atoms with Crippen LogP contribution < -0.4 is 0 Å². The van der Waals surface area contributed by atoms with Crippen molar-refractivity contribution in [3.63, 3.8) is 0 Å². The molecule has 0 bridgehead atoms. The summed E-state index contributed by atoms with van der Waals surface area (Å²) in [6.07, 6.45) is 89.1. The van der Waals surface area contributed by atoms with E-state index in [-0.39, 0.29) is 31.1 Å². The van der Waals surface area contributed by atoms with E-state index >= 15 is 0 Å². The first kappa shape index (κ1) is 76.9. The predicted octanol–water partition coefficient (Wildman–Crippen LogP) is 24.1. The molecule has 1 atom stereocenters. The number of esters is 3. The second-order valence-electron chi connectivity index (χ2n) is 23.4. The fourth-order valence-corrected chi connectivity index (χ4v) is 10.2. The van der Waals surface area contributed by atoms with E-state index in [2.05, 4.69) is 93.7 Å². The molecule has 0 aromatic rings. The van der Waals surface area contributed by atoms with Crippen LogP contribution in [0.3, 0.4) is 0 Å². The van der Waals surface area contributed by atoms with Crippen molar-refractivity contribution in [2.24, 2.45) is 0 Å². The number of unbranched alkanes of at least 4 members (excludes halogenated alkanes) is 41. The lowest BCUT2D eigenvalue weighted by molar-refractivity contribution is -0.167. The van der Waals surface area contributed by atoms with Crippen LogP contribution in [-0.4, -0.2) is 37.2 Å². The zero-order chi connectivity index (χ0) is 57.8. The van der Waals surface area contributed by atoms with Gasteiger partial charge in [0.05, 0.1) is 0 Å². The average Bonchev–Trinajstić information content (AvgIpc) is 3.46. The Balaban J connectivity index is 4.39. The molecule has 0 N–H and O–H groups in total. The summed E-state index contributed by atoms with van der Waals surface area (Å²) in [5, 5.41) is 0. The van der Waals surface area contributed by atoms with Crippen LogP contribution in [0.25, 0.3) is 0 Å². The minimum absolute atomic E-state index is 0.0821. The maximum atomic E-state index is 13.0. The van der Waals surface area contributed by atoms with Gasteiger partial charge in [0.2, 0.25) is 0 Å². The lowest BCUT2D eigenvalue weighted by Gasteiger charge is -2.18. The highest BCUT2D eigenvalue weighted by atomic mass is 16.6. The lowest BCUT2D eigenvalue weighted by Crippen LogP contribution is -2.30. The van der Waals surface area contributed by atoms with Crippen molar-refractivity contribution in [3.8, 4) is 0 Å². The maximum absolute atomic E-state index is 13.0. The Morgan fingerprint density at radius 3 is 0.725 bits per heavy atom. The van der Waals surface area contributed by atoms with E-state index < -0.39 is 6.10 Å². The SMILES string of the molecule is CCCCC/C=C\C/C=C\C/C=C\CCCCCCCCC(=O)OCC(COC(=O)CCCCCCCCCCCCCCCCCCCCCCCC)OC(=O)CCCCCCCC/C=C\C/C=C\C/C=C\CCCCCCC. The number of allylic oxidation sites excluding steroid dienone is 12. The molecule has 1 unspecified atom stereocenters. The summed E-state index contributed by atoms with van der Waals surface area (Å²) in [6.45, 7) is 6.64. The minimum atomic E-state index is -0.789. The van der Waals surface area contributed by atoms with Gasteiger partial charge in [0.25, 0.3) is 0 Å². The van der Waals surface area contributed by atoms with Gasteiger partial charge in [-0.2, -0.15) is 0 Å². The number of rotatable bonds is 64. The van der Waals surface area contributed by atoms with Crippen LogP contribution in [0.5, 0.6) is 0 Å². The predicted molar refractivity (Wildman–Crippen MR) is 348 cm³/mol. The number of carbonyl (C=O) groups is 3. The van der Waals surface area contributed by atoms with Gasteiger partial charge in [-0.15, -0.1) is 0 Å². The molecule has 0 saturated carbocycles. The quantitative estimate of drug-likeness (QED) is 0.0261. The summed E-state index contributed by atoms with van der Waals surface area (Å²) in [4.78, 5) is 38.5. The third-order valence-corrected chi connectivity index (χ3v) is 15.4. The molecule has 0 aromatic heterocycles. The van der Waals surface area contributed by atoms with E-state index in [1.807, 2.05) is 0 Å². The fourth-order valence-electron chi connectivity index (χ4n) is 10.2. The zero-order valence-electron chi connectivity index (χ0n) is 53.3. The minimum Gasteiger partial charge on any atom is -0.462 e. The molecule has 0 radical (unpaired) electrons. The fraction of sp³-hybridized carbons (Fsp3) is 0.797. The normalized spacial score (nSPS) is 12.5. The molecule has 0 rings (SSSR count). The van der Waals surface area contributed by atoms with E-state index in [4.69, 9.17) is 14.2 Å². The number of ether oxygens (including phenoxy) is 3. The number of hydrogen-bond acceptors (Lipinski definition) is 6. The zero-order valence-corrected chi connectivity index (χ0v) is 53.3. The second kappa shape index (κ2) is 68.3. The van der Waals surface area contributed by atoms with Crippen molar-refractivity contribution >= 4 is 17.9 Å². The van der Waals surface area contributed by atoms with Gasteiger partial charge < -0.3 is 14.2 Å². The van der Waals surface area contributed by atoms with Crippen molar-refractivity contribution in [3.05, 3.63) is 72.9 Å². The average molecular weight is 1120 g/mol. The summed E-state index contributed by atoms with van der Waals surface area (Å²) in [5.74, 6) is -0.887. The molecular formula is C74H132O6. The van der Waals surface area contributed by atoms with Crippen LogP contribution >= 0.6 is 0 Å². The van der Waals surface area contributed by atoms with Crippen molar-refractivity contribution in [1.82, 2.24) is 0 Å². The molecular weight excluding hydrogens is 985 g/mol. The highest BCUT2D eigenvalue weighted by Gasteiger charge is 2.19. The van der Waals surface area contributed by atoms with Gasteiger partial charge >= 0.3 is 17.9 Å². The molecule has 0 spiro atoms. The maximum Gasteiger partial charge on any atom is 0.306 e. The van der Waals surface area contributed by atoms with Gasteiger partial charge in [-0.05, 0) is 96.3 Å². The van der Waals surface area contributed by atoms with Crippen LogP contribution in [0.2, 0.25) is 0 Å². The van der Waals surface area contributed by atoms with E-state index in [0.29, 0.717) is 19.3 Å². The summed E-state index contributed by atoms with van der Waals surface area (Å²) >= 11 is 0. The Labute approximate surface area is 497 Å². The van der Waals surface area contributed by atoms with Gasteiger partial charge in [-0.25, -0.2) is 0 Å². The molecule has 0 aliphatic heterocycles. The molecule has 6 nitrogen and oxygen atoms in total. The molecule has 0 amide bonds. The first-order valence-corrected chi connectivity index (χ1v) is 34.9. The monoisotopic (exact) mass is 1120 g/mol. The molecule has 0 fully saturated rings. The van der Waals surface area contributed by atoms with Crippen molar-refractivity contribution in [1.29, 1.82) is 0 Å². The van der Waals surface area contributed by atoms with Crippen molar-refractivity contribution in [2.75, 3.05) is 13.2 Å². The van der Waals surface area contributed by atoms with Gasteiger partial charge in [-0.3, -0.25) is 14.4 Å². The molecule has 0 aliphatic carbocycles. The second-order valence-corrected chi connectivity index (χ2v) is 23.4. The lowest BCUT2D eigenvalue weighted by atomic mass is 10.0. The van der Waals surface area contributed by atoms with E-state index in [0.717, 1.165) is 103 Å². The Morgan fingerprint density at radius 1 is 0.250 bits per heavy atom.